The molecule has 0 aliphatic heterocycles. The highest BCUT2D eigenvalue weighted by Crippen LogP contribution is 2.29. The van der Waals surface area contributed by atoms with E-state index in [1.165, 1.54) is 13.2 Å². The van der Waals surface area contributed by atoms with Gasteiger partial charge in [-0.05, 0) is 31.2 Å². The molecule has 0 saturated carbocycles. The monoisotopic (exact) mass is 308 g/mol. The van der Waals surface area contributed by atoms with Gasteiger partial charge in [0.1, 0.15) is 11.6 Å². The topological polar surface area (TPSA) is 34.1 Å². The van der Waals surface area contributed by atoms with Crippen molar-refractivity contribution in [3.63, 3.8) is 0 Å². The molecule has 1 atom stereocenters. The maximum Gasteiger partial charge on any atom is 0.132 e. The van der Waals surface area contributed by atoms with Gasteiger partial charge in [0, 0.05) is 17.8 Å². The van der Waals surface area contributed by atoms with Crippen molar-refractivity contribution in [2.75, 3.05) is 13.7 Å². The molecule has 1 unspecified atom stereocenters. The number of aromatic nitrogens is 1. The molecule has 1 aromatic carbocycles. The van der Waals surface area contributed by atoms with Crippen LogP contribution in [0, 0.1) is 5.82 Å². The Hall–Kier alpha value is -1.65. The van der Waals surface area contributed by atoms with Crippen LogP contribution in [0.3, 0.4) is 0 Å². The van der Waals surface area contributed by atoms with E-state index in [2.05, 4.69) is 17.2 Å². The van der Waals surface area contributed by atoms with Gasteiger partial charge in [0.05, 0.1) is 23.9 Å². The van der Waals surface area contributed by atoms with Gasteiger partial charge in [0.2, 0.25) is 0 Å². The van der Waals surface area contributed by atoms with E-state index in [1.807, 2.05) is 0 Å². The van der Waals surface area contributed by atoms with Crippen molar-refractivity contribution in [1.82, 2.24) is 10.3 Å². The number of hydrogen-bond acceptors (Lipinski definition) is 3. The van der Waals surface area contributed by atoms with Crippen LogP contribution in [0.25, 0.3) is 0 Å². The lowest BCUT2D eigenvalue weighted by Crippen LogP contribution is -2.25. The molecule has 1 N–H and O–H groups in total. The number of methoxy groups -OCH3 is 1. The summed E-state index contributed by atoms with van der Waals surface area (Å²) in [6.07, 6.45) is 2.59. The summed E-state index contributed by atoms with van der Waals surface area (Å²) in [4.78, 5) is 4.30. The van der Waals surface area contributed by atoms with Gasteiger partial charge in [-0.3, -0.25) is 4.98 Å². The summed E-state index contributed by atoms with van der Waals surface area (Å²) in [7, 11) is 1.51. The summed E-state index contributed by atoms with van der Waals surface area (Å²) in [5.74, 6) is 0.141. The Morgan fingerprint density at radius 3 is 2.81 bits per heavy atom. The van der Waals surface area contributed by atoms with Crippen molar-refractivity contribution in [3.05, 3.63) is 58.6 Å². The van der Waals surface area contributed by atoms with E-state index in [0.717, 1.165) is 13.0 Å². The van der Waals surface area contributed by atoms with Gasteiger partial charge < -0.3 is 10.1 Å². The van der Waals surface area contributed by atoms with Crippen LogP contribution >= 0.6 is 11.6 Å². The standard InChI is InChI=1S/C16H18ClFN2O/c1-3-8-19-15(16-13(17)5-4-9-20-16)12-7-6-11(21-2)10-14(12)18/h4-7,9-10,15,19H,3,8H2,1-2H3. The molecular formula is C16H18ClFN2O. The van der Waals surface area contributed by atoms with Gasteiger partial charge in [-0.1, -0.05) is 24.6 Å². The summed E-state index contributed by atoms with van der Waals surface area (Å²) in [6.45, 7) is 2.79. The van der Waals surface area contributed by atoms with Crippen molar-refractivity contribution in [1.29, 1.82) is 0 Å². The number of nitrogens with zero attached hydrogens (tertiary/aromatic N) is 1. The van der Waals surface area contributed by atoms with E-state index >= 15 is 0 Å². The van der Waals surface area contributed by atoms with Gasteiger partial charge in [0.15, 0.2) is 0 Å². The lowest BCUT2D eigenvalue weighted by Gasteiger charge is -2.20. The zero-order chi connectivity index (χ0) is 15.2. The van der Waals surface area contributed by atoms with Gasteiger partial charge in [-0.15, -0.1) is 0 Å². The number of halogens is 2. The zero-order valence-corrected chi connectivity index (χ0v) is 12.8. The molecule has 2 rings (SSSR count). The second kappa shape index (κ2) is 7.38. The number of rotatable bonds is 6. The molecule has 5 heteroatoms. The highest BCUT2D eigenvalue weighted by Gasteiger charge is 2.21. The molecule has 1 heterocycles. The Morgan fingerprint density at radius 1 is 1.38 bits per heavy atom. The quantitative estimate of drug-likeness (QED) is 0.876. The summed E-state index contributed by atoms with van der Waals surface area (Å²) < 4.78 is 19.4. The number of nitrogens with one attached hydrogen (secondary N) is 1. The van der Waals surface area contributed by atoms with Crippen LogP contribution in [0.15, 0.2) is 36.5 Å². The predicted octanol–water partition coefficient (Wildman–Crippen LogP) is 3.97. The van der Waals surface area contributed by atoms with Crippen LogP contribution < -0.4 is 10.1 Å². The molecule has 0 aliphatic carbocycles. The molecule has 2 aromatic rings. The molecular weight excluding hydrogens is 291 g/mol. The largest absolute Gasteiger partial charge is 0.497 e. The van der Waals surface area contributed by atoms with E-state index < -0.39 is 0 Å². The summed E-state index contributed by atoms with van der Waals surface area (Å²) in [5.41, 5.74) is 1.13. The number of ether oxygens (including phenoxy) is 1. The third-order valence-corrected chi connectivity index (χ3v) is 3.50. The van der Waals surface area contributed by atoms with Gasteiger partial charge in [-0.2, -0.15) is 0 Å². The molecule has 0 aliphatic rings. The fourth-order valence-corrected chi connectivity index (χ4v) is 2.35. The maximum atomic E-state index is 14.3. The van der Waals surface area contributed by atoms with Crippen LogP contribution in [-0.4, -0.2) is 18.6 Å². The van der Waals surface area contributed by atoms with Crippen molar-refractivity contribution < 1.29 is 9.13 Å². The third kappa shape index (κ3) is 3.71. The molecule has 0 fully saturated rings. The zero-order valence-electron chi connectivity index (χ0n) is 12.1. The highest BCUT2D eigenvalue weighted by atomic mass is 35.5. The van der Waals surface area contributed by atoms with Gasteiger partial charge in [0.25, 0.3) is 0 Å². The number of benzene rings is 1. The smallest absolute Gasteiger partial charge is 0.132 e. The van der Waals surface area contributed by atoms with Crippen LogP contribution in [0.4, 0.5) is 4.39 Å². The molecule has 0 spiro atoms. The molecule has 0 radical (unpaired) electrons. The molecule has 1 aromatic heterocycles. The first-order valence-corrected chi connectivity index (χ1v) is 7.22. The average molecular weight is 309 g/mol. The number of hydrogen-bond donors (Lipinski definition) is 1. The highest BCUT2D eigenvalue weighted by molar-refractivity contribution is 6.31. The fraction of sp³-hybridized carbons (Fsp3) is 0.312. The lowest BCUT2D eigenvalue weighted by atomic mass is 10.0. The summed E-state index contributed by atoms with van der Waals surface area (Å²) >= 11 is 6.21. The molecule has 0 bridgehead atoms. The van der Waals surface area contributed by atoms with Crippen LogP contribution in [0.5, 0.6) is 5.75 Å². The first-order chi connectivity index (χ1) is 10.2. The second-order valence-corrected chi connectivity index (χ2v) is 5.05. The Balaban J connectivity index is 2.43. The second-order valence-electron chi connectivity index (χ2n) is 4.65. The molecule has 3 nitrogen and oxygen atoms in total. The molecule has 0 saturated heterocycles. The van der Waals surface area contributed by atoms with Crippen molar-refractivity contribution in [2.45, 2.75) is 19.4 Å². The first-order valence-electron chi connectivity index (χ1n) is 6.84. The molecule has 0 amide bonds. The van der Waals surface area contributed by atoms with E-state index in [4.69, 9.17) is 16.3 Å². The van der Waals surface area contributed by atoms with Crippen LogP contribution in [0.1, 0.15) is 30.6 Å². The minimum Gasteiger partial charge on any atom is -0.497 e. The summed E-state index contributed by atoms with van der Waals surface area (Å²) in [6, 6.07) is 7.93. The normalized spacial score (nSPS) is 12.2. The Morgan fingerprint density at radius 2 is 2.19 bits per heavy atom. The minimum absolute atomic E-state index is 0.343. The van der Waals surface area contributed by atoms with E-state index in [-0.39, 0.29) is 11.9 Å². The fourth-order valence-electron chi connectivity index (χ4n) is 2.12. The Labute approximate surface area is 129 Å². The van der Waals surface area contributed by atoms with Crippen molar-refractivity contribution in [2.24, 2.45) is 0 Å². The Kier molecular flexibility index (Phi) is 5.53. The van der Waals surface area contributed by atoms with Crippen LogP contribution in [0.2, 0.25) is 5.02 Å². The van der Waals surface area contributed by atoms with E-state index in [1.54, 1.807) is 30.5 Å². The minimum atomic E-state index is -0.385. The van der Waals surface area contributed by atoms with Crippen molar-refractivity contribution >= 4 is 11.6 Å². The van der Waals surface area contributed by atoms with Crippen molar-refractivity contribution in [3.8, 4) is 5.75 Å². The lowest BCUT2D eigenvalue weighted by molar-refractivity contribution is 0.409. The predicted molar refractivity (Wildman–Crippen MR) is 82.3 cm³/mol. The summed E-state index contributed by atoms with van der Waals surface area (Å²) in [5, 5.41) is 3.81. The Bertz CT molecular complexity index is 607. The number of pyridine rings is 1. The van der Waals surface area contributed by atoms with Gasteiger partial charge in [-0.25, -0.2) is 4.39 Å². The first kappa shape index (κ1) is 15.7. The third-order valence-electron chi connectivity index (χ3n) is 3.18. The van der Waals surface area contributed by atoms with Crippen LogP contribution in [-0.2, 0) is 0 Å². The van der Waals surface area contributed by atoms with E-state index in [9.17, 15) is 4.39 Å². The maximum absolute atomic E-state index is 14.3. The van der Waals surface area contributed by atoms with E-state index in [0.29, 0.717) is 22.0 Å². The average Bonchev–Trinajstić information content (AvgIpc) is 2.50. The SMILES string of the molecule is CCCNC(c1ccc(OC)cc1F)c1ncccc1Cl. The molecule has 21 heavy (non-hydrogen) atoms. The molecule has 112 valence electrons. The van der Waals surface area contributed by atoms with Gasteiger partial charge >= 0.3 is 0 Å².